The van der Waals surface area contributed by atoms with Gasteiger partial charge in [-0.25, -0.2) is 13.2 Å². The Morgan fingerprint density at radius 2 is 1.96 bits per heavy atom. The predicted octanol–water partition coefficient (Wildman–Crippen LogP) is 1.12. The van der Waals surface area contributed by atoms with Crippen molar-refractivity contribution in [3.8, 4) is 0 Å². The van der Waals surface area contributed by atoms with E-state index in [2.05, 4.69) is 10.2 Å². The third-order valence-corrected chi connectivity index (χ3v) is 5.06. The summed E-state index contributed by atoms with van der Waals surface area (Å²) in [5.41, 5.74) is 1.09. The number of benzene rings is 1. The maximum absolute atomic E-state index is 12.6. The van der Waals surface area contributed by atoms with Crippen molar-refractivity contribution in [1.29, 1.82) is 0 Å². The van der Waals surface area contributed by atoms with E-state index in [9.17, 15) is 13.2 Å². The number of piperazine rings is 1. The van der Waals surface area contributed by atoms with E-state index in [0.29, 0.717) is 6.54 Å². The molecule has 23 heavy (non-hydrogen) atoms. The summed E-state index contributed by atoms with van der Waals surface area (Å²) in [4.78, 5) is 16.6. The van der Waals surface area contributed by atoms with Gasteiger partial charge in [-0.05, 0) is 19.5 Å². The number of hydrogen-bond donors (Lipinski definition) is 1. The van der Waals surface area contributed by atoms with Crippen molar-refractivity contribution < 1.29 is 13.2 Å². The van der Waals surface area contributed by atoms with Gasteiger partial charge in [0.2, 0.25) is 0 Å². The minimum atomic E-state index is -3.12. The fourth-order valence-corrected chi connectivity index (χ4v) is 3.90. The Morgan fingerprint density at radius 1 is 1.30 bits per heavy atom. The highest BCUT2D eigenvalue weighted by atomic mass is 32.2. The summed E-state index contributed by atoms with van der Waals surface area (Å²) in [5.74, 6) is -0.0531. The van der Waals surface area contributed by atoms with Crippen molar-refractivity contribution in [3.05, 3.63) is 35.9 Å². The van der Waals surface area contributed by atoms with Gasteiger partial charge in [-0.2, -0.15) is 0 Å². The second-order valence-corrected chi connectivity index (χ2v) is 8.51. The molecule has 0 spiro atoms. The third kappa shape index (κ3) is 5.21. The van der Waals surface area contributed by atoms with Crippen molar-refractivity contribution in [2.24, 2.45) is 0 Å². The Bertz CT molecular complexity index is 633. The molecule has 0 saturated carbocycles. The van der Waals surface area contributed by atoms with Crippen LogP contribution in [0.15, 0.2) is 30.3 Å². The van der Waals surface area contributed by atoms with Crippen LogP contribution in [0, 0.1) is 0 Å². The smallest absolute Gasteiger partial charge is 0.318 e. The van der Waals surface area contributed by atoms with Gasteiger partial charge in [-0.3, -0.25) is 0 Å². The number of carbonyl (C=O) groups is 1. The number of nitrogens with one attached hydrogen (secondary N) is 1. The Balaban J connectivity index is 2.10. The van der Waals surface area contributed by atoms with Crippen LogP contribution in [0.2, 0.25) is 0 Å². The van der Waals surface area contributed by atoms with Gasteiger partial charge in [0.1, 0.15) is 9.84 Å². The molecule has 2 rings (SSSR count). The van der Waals surface area contributed by atoms with Crippen LogP contribution in [0.5, 0.6) is 0 Å². The standard InChI is InChI=1S/C16H25N3O3S/c1-13(12-23(3,21)22)17-16(20)19-10-9-18(2)11-15(19)14-7-5-4-6-8-14/h4-8,13,15H,9-12H2,1-3H3,(H,17,20). The molecule has 2 amide bonds. The minimum Gasteiger partial charge on any atom is -0.334 e. The number of carbonyl (C=O) groups excluding carboxylic acids is 1. The van der Waals surface area contributed by atoms with Gasteiger partial charge in [0.05, 0.1) is 11.8 Å². The molecule has 0 aromatic heterocycles. The molecular weight excluding hydrogens is 314 g/mol. The Kier molecular flexibility index (Phi) is 5.64. The highest BCUT2D eigenvalue weighted by Gasteiger charge is 2.30. The minimum absolute atomic E-state index is 0.0274. The van der Waals surface area contributed by atoms with Crippen LogP contribution in [0.1, 0.15) is 18.5 Å². The van der Waals surface area contributed by atoms with E-state index in [4.69, 9.17) is 0 Å². The third-order valence-electron chi connectivity index (χ3n) is 3.95. The molecule has 2 unspecified atom stereocenters. The summed E-state index contributed by atoms with van der Waals surface area (Å²) >= 11 is 0. The van der Waals surface area contributed by atoms with E-state index < -0.39 is 15.9 Å². The first-order valence-electron chi connectivity index (χ1n) is 7.74. The number of hydrogen-bond acceptors (Lipinski definition) is 4. The fourth-order valence-electron chi connectivity index (χ4n) is 2.91. The first-order valence-corrected chi connectivity index (χ1v) is 9.80. The molecule has 1 fully saturated rings. The van der Waals surface area contributed by atoms with Gasteiger partial charge in [-0.15, -0.1) is 0 Å². The molecule has 1 aromatic carbocycles. The van der Waals surface area contributed by atoms with Gasteiger partial charge in [0.25, 0.3) is 0 Å². The van der Waals surface area contributed by atoms with E-state index in [1.54, 1.807) is 11.8 Å². The van der Waals surface area contributed by atoms with E-state index in [-0.39, 0.29) is 17.8 Å². The molecule has 6 nitrogen and oxygen atoms in total. The second-order valence-electron chi connectivity index (χ2n) is 6.33. The molecule has 1 heterocycles. The highest BCUT2D eigenvalue weighted by Crippen LogP contribution is 2.24. The van der Waals surface area contributed by atoms with E-state index in [1.165, 1.54) is 6.26 Å². The summed E-state index contributed by atoms with van der Waals surface area (Å²) in [6, 6.07) is 9.28. The normalized spacial score (nSPS) is 21.0. The van der Waals surface area contributed by atoms with Crippen LogP contribution < -0.4 is 5.32 Å². The molecular formula is C16H25N3O3S. The van der Waals surface area contributed by atoms with E-state index in [1.807, 2.05) is 37.4 Å². The zero-order valence-corrected chi connectivity index (χ0v) is 14.7. The van der Waals surface area contributed by atoms with Crippen LogP contribution in [0.3, 0.4) is 0 Å². The van der Waals surface area contributed by atoms with Crippen molar-refractivity contribution in [3.63, 3.8) is 0 Å². The Labute approximate surface area is 138 Å². The lowest BCUT2D eigenvalue weighted by Gasteiger charge is -2.40. The van der Waals surface area contributed by atoms with Gasteiger partial charge < -0.3 is 15.1 Å². The lowest BCUT2D eigenvalue weighted by Crippen LogP contribution is -2.54. The molecule has 2 atom stereocenters. The van der Waals surface area contributed by atoms with E-state index in [0.717, 1.165) is 18.7 Å². The average Bonchev–Trinajstić information content (AvgIpc) is 2.45. The lowest BCUT2D eigenvalue weighted by molar-refractivity contribution is 0.108. The van der Waals surface area contributed by atoms with Crippen LogP contribution >= 0.6 is 0 Å². The number of urea groups is 1. The fraction of sp³-hybridized carbons (Fsp3) is 0.562. The molecule has 0 aliphatic carbocycles. The van der Waals surface area contributed by atoms with Gasteiger partial charge in [-0.1, -0.05) is 30.3 Å². The SMILES string of the molecule is CC(CS(C)(=O)=O)NC(=O)N1CCN(C)CC1c1ccccc1. The average molecular weight is 339 g/mol. The topological polar surface area (TPSA) is 69.7 Å². The summed E-state index contributed by atoms with van der Waals surface area (Å²) in [7, 11) is -1.08. The largest absolute Gasteiger partial charge is 0.334 e. The van der Waals surface area contributed by atoms with Crippen LogP contribution in [-0.4, -0.2) is 69.0 Å². The van der Waals surface area contributed by atoms with Crippen molar-refractivity contribution in [2.75, 3.05) is 38.7 Å². The van der Waals surface area contributed by atoms with Crippen LogP contribution in [0.25, 0.3) is 0 Å². The number of rotatable bonds is 4. The molecule has 1 N–H and O–H groups in total. The van der Waals surface area contributed by atoms with Gasteiger partial charge >= 0.3 is 6.03 Å². The monoisotopic (exact) mass is 339 g/mol. The summed E-state index contributed by atoms with van der Waals surface area (Å²) in [5, 5.41) is 2.81. The molecule has 1 aliphatic rings. The van der Waals surface area contributed by atoms with E-state index >= 15 is 0 Å². The molecule has 128 valence electrons. The van der Waals surface area contributed by atoms with Gasteiger partial charge in [0, 0.05) is 31.9 Å². The van der Waals surface area contributed by atoms with Crippen molar-refractivity contribution in [2.45, 2.75) is 19.0 Å². The summed E-state index contributed by atoms with van der Waals surface area (Å²) in [6.45, 7) is 3.90. The summed E-state index contributed by atoms with van der Waals surface area (Å²) in [6.07, 6.45) is 1.18. The molecule has 7 heteroatoms. The Morgan fingerprint density at radius 3 is 2.57 bits per heavy atom. The maximum atomic E-state index is 12.6. The predicted molar refractivity (Wildman–Crippen MR) is 91.1 cm³/mol. The first kappa shape index (κ1) is 17.7. The molecule has 1 aromatic rings. The molecule has 1 saturated heterocycles. The quantitative estimate of drug-likeness (QED) is 0.892. The Hall–Kier alpha value is -1.60. The lowest BCUT2D eigenvalue weighted by atomic mass is 10.0. The zero-order chi connectivity index (χ0) is 17.0. The number of likely N-dealkylation sites (N-methyl/N-ethyl adjacent to an activating group) is 1. The van der Waals surface area contributed by atoms with Gasteiger partial charge in [0.15, 0.2) is 0 Å². The highest BCUT2D eigenvalue weighted by molar-refractivity contribution is 7.90. The van der Waals surface area contributed by atoms with Crippen LogP contribution in [0.4, 0.5) is 4.79 Å². The number of nitrogens with zero attached hydrogens (tertiary/aromatic N) is 2. The maximum Gasteiger partial charge on any atom is 0.318 e. The molecule has 0 radical (unpaired) electrons. The first-order chi connectivity index (χ1) is 10.8. The van der Waals surface area contributed by atoms with Crippen molar-refractivity contribution >= 4 is 15.9 Å². The zero-order valence-electron chi connectivity index (χ0n) is 13.9. The van der Waals surface area contributed by atoms with Crippen LogP contribution in [-0.2, 0) is 9.84 Å². The number of sulfone groups is 1. The summed E-state index contributed by atoms with van der Waals surface area (Å²) < 4.78 is 22.7. The number of amides is 2. The molecule has 0 bridgehead atoms. The van der Waals surface area contributed by atoms with Crippen molar-refractivity contribution in [1.82, 2.24) is 15.1 Å². The molecule has 1 aliphatic heterocycles. The second kappa shape index (κ2) is 7.31.